The summed E-state index contributed by atoms with van der Waals surface area (Å²) in [6.45, 7) is 0. The molecular formula is C51H33N3S. The second kappa shape index (κ2) is 14.1. The minimum atomic E-state index is 0.704. The van der Waals surface area contributed by atoms with Gasteiger partial charge in [-0.3, -0.25) is 0 Å². The van der Waals surface area contributed by atoms with Crippen LogP contribution in [0.3, 0.4) is 0 Å². The van der Waals surface area contributed by atoms with Gasteiger partial charge in [0.2, 0.25) is 0 Å². The molecule has 0 fully saturated rings. The molecule has 10 rings (SSSR count). The number of para-hydroxylation sites is 1. The van der Waals surface area contributed by atoms with Gasteiger partial charge in [0.15, 0.2) is 5.82 Å². The van der Waals surface area contributed by atoms with Crippen molar-refractivity contribution < 1.29 is 0 Å². The quantitative estimate of drug-likeness (QED) is 0.165. The highest BCUT2D eigenvalue weighted by Crippen LogP contribution is 2.50. The highest BCUT2D eigenvalue weighted by atomic mass is 32.1. The molecular weight excluding hydrogens is 687 g/mol. The van der Waals surface area contributed by atoms with Crippen LogP contribution in [0.25, 0.3) is 98.8 Å². The van der Waals surface area contributed by atoms with Crippen molar-refractivity contribution in [2.45, 2.75) is 0 Å². The number of thiophene rings is 1. The van der Waals surface area contributed by atoms with Gasteiger partial charge in [-0.15, -0.1) is 11.3 Å². The van der Waals surface area contributed by atoms with Crippen LogP contribution < -0.4 is 0 Å². The molecule has 0 N–H and O–H groups in total. The summed E-state index contributed by atoms with van der Waals surface area (Å²) < 4.78 is 1.25. The number of hydrogen-bond acceptors (Lipinski definition) is 4. The lowest BCUT2D eigenvalue weighted by Gasteiger charge is -2.13. The Hall–Kier alpha value is -7.01. The second-order valence-electron chi connectivity index (χ2n) is 13.6. The first-order valence-electron chi connectivity index (χ1n) is 18.4. The van der Waals surface area contributed by atoms with E-state index < -0.39 is 0 Å². The second-order valence-corrected chi connectivity index (χ2v) is 14.6. The Kier molecular flexibility index (Phi) is 8.36. The zero-order valence-electron chi connectivity index (χ0n) is 29.8. The van der Waals surface area contributed by atoms with E-state index in [1.54, 1.807) is 0 Å². The normalized spacial score (nSPS) is 11.3. The third-order valence-corrected chi connectivity index (χ3v) is 11.4. The van der Waals surface area contributed by atoms with E-state index >= 15 is 0 Å². The summed E-state index contributed by atoms with van der Waals surface area (Å²) in [6.07, 6.45) is 0. The molecule has 0 atom stereocenters. The number of rotatable bonds is 7. The summed E-state index contributed by atoms with van der Waals surface area (Å²) >= 11 is 1.86. The molecule has 0 bridgehead atoms. The number of hydrogen-bond donors (Lipinski definition) is 0. The van der Waals surface area contributed by atoms with Crippen LogP contribution in [0.5, 0.6) is 0 Å². The number of fused-ring (bicyclic) bond motifs is 3. The van der Waals surface area contributed by atoms with Crippen LogP contribution in [0.15, 0.2) is 200 Å². The van der Waals surface area contributed by atoms with Crippen LogP contribution in [0.1, 0.15) is 0 Å². The zero-order chi connectivity index (χ0) is 36.6. The fourth-order valence-corrected chi connectivity index (χ4v) is 8.80. The Balaban J connectivity index is 1.14. The highest BCUT2D eigenvalue weighted by Gasteiger charge is 2.22. The minimum absolute atomic E-state index is 0.704. The molecule has 0 amide bonds. The summed E-state index contributed by atoms with van der Waals surface area (Å²) in [5.74, 6) is 0.704. The molecule has 4 heteroatoms. The first-order chi connectivity index (χ1) is 27.3. The molecule has 0 saturated carbocycles. The smallest absolute Gasteiger partial charge is 0.160 e. The van der Waals surface area contributed by atoms with E-state index in [0.29, 0.717) is 5.82 Å². The molecule has 0 aliphatic heterocycles. The third-order valence-electron chi connectivity index (χ3n) is 10.1. The molecule has 0 aliphatic rings. The highest BCUT2D eigenvalue weighted by molar-refractivity contribution is 7.24. The Morgan fingerprint density at radius 3 is 1.51 bits per heavy atom. The van der Waals surface area contributed by atoms with Crippen LogP contribution >= 0.6 is 11.3 Å². The van der Waals surface area contributed by atoms with E-state index in [1.165, 1.54) is 37.0 Å². The minimum Gasteiger partial charge on any atom is -0.247 e. The van der Waals surface area contributed by atoms with Crippen molar-refractivity contribution >= 4 is 32.3 Å². The van der Waals surface area contributed by atoms with E-state index in [2.05, 4.69) is 164 Å². The van der Waals surface area contributed by atoms with Crippen LogP contribution in [0.4, 0.5) is 0 Å². The maximum atomic E-state index is 5.43. The van der Waals surface area contributed by atoms with Gasteiger partial charge in [-0.05, 0) is 46.5 Å². The van der Waals surface area contributed by atoms with Crippen molar-refractivity contribution in [2.75, 3.05) is 0 Å². The van der Waals surface area contributed by atoms with Crippen LogP contribution in [0.2, 0.25) is 0 Å². The monoisotopic (exact) mass is 719 g/mol. The van der Waals surface area contributed by atoms with Gasteiger partial charge in [0.05, 0.1) is 22.6 Å². The summed E-state index contributed by atoms with van der Waals surface area (Å²) in [4.78, 5) is 16.8. The molecule has 3 nitrogen and oxygen atoms in total. The van der Waals surface area contributed by atoms with Gasteiger partial charge in [-0.1, -0.05) is 176 Å². The lowest BCUT2D eigenvalue weighted by atomic mass is 9.93. The first kappa shape index (κ1) is 32.6. The fourth-order valence-electron chi connectivity index (χ4n) is 7.44. The van der Waals surface area contributed by atoms with Gasteiger partial charge >= 0.3 is 0 Å². The number of aromatic nitrogens is 3. The van der Waals surface area contributed by atoms with E-state index in [-0.39, 0.29) is 0 Å². The van der Waals surface area contributed by atoms with E-state index in [4.69, 9.17) is 15.0 Å². The molecule has 0 spiro atoms. The van der Waals surface area contributed by atoms with E-state index in [0.717, 1.165) is 56.0 Å². The van der Waals surface area contributed by atoms with Crippen LogP contribution in [-0.2, 0) is 0 Å². The van der Waals surface area contributed by atoms with Gasteiger partial charge in [0, 0.05) is 48.2 Å². The topological polar surface area (TPSA) is 38.7 Å². The van der Waals surface area contributed by atoms with E-state index in [1.807, 2.05) is 47.7 Å². The molecule has 0 aliphatic carbocycles. The van der Waals surface area contributed by atoms with E-state index in [9.17, 15) is 0 Å². The Morgan fingerprint density at radius 1 is 0.345 bits per heavy atom. The van der Waals surface area contributed by atoms with Crippen molar-refractivity contribution in [2.24, 2.45) is 0 Å². The lowest BCUT2D eigenvalue weighted by Crippen LogP contribution is -1.96. The average Bonchev–Trinajstić information content (AvgIpc) is 3.69. The average molecular weight is 720 g/mol. The van der Waals surface area contributed by atoms with Crippen molar-refractivity contribution in [3.05, 3.63) is 200 Å². The maximum Gasteiger partial charge on any atom is 0.160 e. The Labute approximate surface area is 323 Å². The molecule has 0 unspecified atom stereocenters. The third kappa shape index (κ3) is 6.19. The summed E-state index contributed by atoms with van der Waals surface area (Å²) in [6, 6.07) is 70.1. The van der Waals surface area contributed by atoms with Crippen molar-refractivity contribution in [1.29, 1.82) is 0 Å². The Morgan fingerprint density at radius 2 is 0.836 bits per heavy atom. The maximum absolute atomic E-state index is 5.43. The summed E-state index contributed by atoms with van der Waals surface area (Å²) in [5, 5.41) is 2.35. The van der Waals surface area contributed by atoms with Gasteiger partial charge in [-0.25, -0.2) is 15.0 Å². The van der Waals surface area contributed by atoms with Crippen LogP contribution in [-0.4, -0.2) is 15.0 Å². The van der Waals surface area contributed by atoms with Crippen molar-refractivity contribution in [3.8, 4) is 77.9 Å². The SMILES string of the molecule is c1ccc(-c2cc(-c3cccc(-c4cccc(-c5nc6ccccc6c6sc(-c7ccccc7)c(-c7ccccc7)c56)c4)c3)nc(-c3ccccc3)n2)cc1. The summed E-state index contributed by atoms with van der Waals surface area (Å²) in [5.41, 5.74) is 13.7. The molecule has 3 aromatic heterocycles. The van der Waals surface area contributed by atoms with Gasteiger partial charge in [-0.2, -0.15) is 0 Å². The predicted octanol–water partition coefficient (Wildman–Crippen LogP) is 13.9. The zero-order valence-corrected chi connectivity index (χ0v) is 30.6. The largest absolute Gasteiger partial charge is 0.247 e. The first-order valence-corrected chi connectivity index (χ1v) is 19.3. The fraction of sp³-hybridized carbons (Fsp3) is 0. The molecule has 7 aromatic carbocycles. The Bertz CT molecular complexity index is 2900. The van der Waals surface area contributed by atoms with Crippen molar-refractivity contribution in [1.82, 2.24) is 15.0 Å². The lowest BCUT2D eigenvalue weighted by molar-refractivity contribution is 1.18. The molecule has 0 radical (unpaired) electrons. The van der Waals surface area contributed by atoms with Crippen LogP contribution in [0, 0.1) is 0 Å². The van der Waals surface area contributed by atoms with Gasteiger partial charge in [0.25, 0.3) is 0 Å². The number of pyridine rings is 1. The standard InChI is InChI=1S/C51H33N3S/c1-5-17-34(18-6-1)44-33-45(54-51(53-44)37-23-11-4-12-24-37)40-27-15-25-38(31-40)39-26-16-28-41(32-39)48-47-46(35-19-7-2-8-20-35)49(36-21-9-3-10-22-36)55-50(47)42-29-13-14-30-43(42)52-48/h1-33H. The van der Waals surface area contributed by atoms with Gasteiger partial charge < -0.3 is 0 Å². The molecule has 3 heterocycles. The molecule has 258 valence electrons. The molecule has 0 saturated heterocycles. The number of benzene rings is 7. The molecule has 55 heavy (non-hydrogen) atoms. The summed E-state index contributed by atoms with van der Waals surface area (Å²) in [7, 11) is 0. The number of nitrogens with zero attached hydrogens (tertiary/aromatic N) is 3. The molecule has 10 aromatic rings. The predicted molar refractivity (Wildman–Crippen MR) is 231 cm³/mol. The van der Waals surface area contributed by atoms with Crippen molar-refractivity contribution in [3.63, 3.8) is 0 Å². The van der Waals surface area contributed by atoms with Gasteiger partial charge in [0.1, 0.15) is 0 Å².